The van der Waals surface area contributed by atoms with Crippen LogP contribution in [0.2, 0.25) is 0 Å². The van der Waals surface area contributed by atoms with Gasteiger partial charge < -0.3 is 0 Å². The van der Waals surface area contributed by atoms with E-state index in [1.807, 2.05) is 13.0 Å². The Hall–Kier alpha value is -3.00. The molecule has 0 aliphatic heterocycles. The van der Waals surface area contributed by atoms with E-state index in [0.29, 0.717) is 17.1 Å². The minimum absolute atomic E-state index is 0.207. The van der Waals surface area contributed by atoms with Gasteiger partial charge in [0, 0.05) is 24.0 Å². The van der Waals surface area contributed by atoms with Crippen LogP contribution < -0.4 is 0 Å². The minimum Gasteiger partial charge on any atom is -0.236 e. The average molecular weight is 264 g/mol. The van der Waals surface area contributed by atoms with E-state index in [-0.39, 0.29) is 18.4 Å². The van der Waals surface area contributed by atoms with E-state index in [0.717, 1.165) is 15.8 Å². The lowest BCUT2D eigenvalue weighted by molar-refractivity contribution is 0.840. The molecule has 0 amide bonds. The highest BCUT2D eigenvalue weighted by atomic mass is 15.3. The smallest absolute Gasteiger partial charge is 0.157 e. The van der Waals surface area contributed by atoms with Crippen molar-refractivity contribution in [3.63, 3.8) is 0 Å². The number of hydrogen-bond donors (Lipinski definition) is 0. The molecule has 5 nitrogen and oxygen atoms in total. The number of nitrogens with zero attached hydrogens (tertiary/aromatic N) is 5. The molecular weight excluding hydrogens is 250 g/mol. The van der Waals surface area contributed by atoms with E-state index in [2.05, 4.69) is 21.1 Å². The fourth-order valence-electron chi connectivity index (χ4n) is 1.90. The van der Waals surface area contributed by atoms with Crippen molar-refractivity contribution >= 4 is 0 Å². The van der Waals surface area contributed by atoms with Crippen LogP contribution >= 0.6 is 0 Å². The molecule has 0 atom stereocenters. The van der Waals surface area contributed by atoms with Crippen LogP contribution in [0.15, 0.2) is 49.0 Å². The molecule has 0 N–H and O–H groups in total. The van der Waals surface area contributed by atoms with Crippen LogP contribution in [-0.2, 0) is 0 Å². The lowest BCUT2D eigenvalue weighted by Crippen LogP contribution is -1.99. The molecule has 20 heavy (non-hydrogen) atoms. The van der Waals surface area contributed by atoms with Crippen LogP contribution in [0.4, 0.5) is 0 Å². The van der Waals surface area contributed by atoms with Gasteiger partial charge in [0.1, 0.15) is 6.33 Å². The van der Waals surface area contributed by atoms with Crippen molar-refractivity contribution < 1.29 is 4.11 Å². The minimum atomic E-state index is -0.280. The number of benzene rings is 1. The molecule has 3 rings (SSSR count). The van der Waals surface area contributed by atoms with Gasteiger partial charge in [-0.2, -0.15) is 10.4 Å². The van der Waals surface area contributed by atoms with Crippen LogP contribution in [0.3, 0.4) is 0 Å². The summed E-state index contributed by atoms with van der Waals surface area (Å²) in [5.74, 6) is 0.298. The van der Waals surface area contributed by atoms with Crippen molar-refractivity contribution in [3.8, 4) is 23.1 Å². The number of nitriles is 1. The van der Waals surface area contributed by atoms with Gasteiger partial charge >= 0.3 is 0 Å². The second kappa shape index (κ2) is 4.94. The summed E-state index contributed by atoms with van der Waals surface area (Å²) in [6.07, 6.45) is 0.840. The summed E-state index contributed by atoms with van der Waals surface area (Å²) in [5.41, 5.74) is 2.79. The number of aromatic nitrogens is 4. The summed E-state index contributed by atoms with van der Waals surface area (Å²) in [6.45, 7) is 1.89. The topological polar surface area (TPSA) is 67.4 Å². The van der Waals surface area contributed by atoms with E-state index in [4.69, 9.17) is 9.37 Å². The molecule has 0 spiro atoms. The van der Waals surface area contributed by atoms with E-state index < -0.39 is 0 Å². The van der Waals surface area contributed by atoms with Crippen molar-refractivity contribution in [2.45, 2.75) is 6.92 Å². The van der Waals surface area contributed by atoms with Crippen molar-refractivity contribution in [1.29, 1.82) is 5.26 Å². The monoisotopic (exact) mass is 264 g/mol. The van der Waals surface area contributed by atoms with Crippen LogP contribution in [0.25, 0.3) is 17.1 Å². The molecule has 0 aliphatic rings. The quantitative estimate of drug-likeness (QED) is 0.713. The van der Waals surface area contributed by atoms with Gasteiger partial charge in [0.05, 0.1) is 21.4 Å². The molecule has 0 saturated heterocycles. The number of aryl methyl sites for hydroxylation is 1. The summed E-state index contributed by atoms with van der Waals surface area (Å²) in [6, 6.07) is 8.85. The predicted octanol–water partition coefficient (Wildman–Crippen LogP) is 2.51. The molecule has 2 heterocycles. The molecule has 0 saturated carbocycles. The third-order valence-electron chi connectivity index (χ3n) is 2.74. The average Bonchev–Trinajstić information content (AvgIpc) is 2.82. The summed E-state index contributed by atoms with van der Waals surface area (Å²) in [5, 5.41) is 12.9. The maximum absolute atomic E-state index is 9.07. The standard InChI is InChI=1S/C15H11N5/c1-11-5-12(9-16)7-13(6-11)14-8-15(18-10-17-14)20-4-2-3-19-20/h2-8,10H,1H3/i2D,3D,4D. The van der Waals surface area contributed by atoms with E-state index in [1.165, 1.54) is 6.33 Å². The largest absolute Gasteiger partial charge is 0.236 e. The van der Waals surface area contributed by atoms with Crippen LogP contribution in [0.1, 0.15) is 15.2 Å². The fourth-order valence-corrected chi connectivity index (χ4v) is 1.90. The zero-order valence-corrected chi connectivity index (χ0v) is 10.6. The van der Waals surface area contributed by atoms with Gasteiger partial charge in [0.25, 0.3) is 0 Å². The highest BCUT2D eigenvalue weighted by Gasteiger charge is 2.06. The molecule has 3 aromatic rings. The zero-order valence-electron chi connectivity index (χ0n) is 13.6. The van der Waals surface area contributed by atoms with Gasteiger partial charge in [0.15, 0.2) is 5.82 Å². The Balaban J connectivity index is 2.12. The molecular formula is C15H11N5. The Kier molecular flexibility index (Phi) is 2.22. The van der Waals surface area contributed by atoms with Gasteiger partial charge in [-0.3, -0.25) is 0 Å². The van der Waals surface area contributed by atoms with Crippen LogP contribution in [0, 0.1) is 18.3 Å². The van der Waals surface area contributed by atoms with Crippen molar-refractivity contribution in [1.82, 2.24) is 19.7 Å². The maximum atomic E-state index is 9.07. The highest BCUT2D eigenvalue weighted by molar-refractivity contribution is 5.63. The van der Waals surface area contributed by atoms with E-state index >= 15 is 0 Å². The Morgan fingerprint density at radius 1 is 1.25 bits per heavy atom. The lowest BCUT2D eigenvalue weighted by Gasteiger charge is -2.05. The van der Waals surface area contributed by atoms with Crippen molar-refractivity contribution in [2.75, 3.05) is 0 Å². The zero-order chi connectivity index (χ0) is 16.6. The molecule has 2 aromatic heterocycles. The first kappa shape index (κ1) is 8.99. The number of hydrogen-bond acceptors (Lipinski definition) is 4. The molecule has 0 unspecified atom stereocenters. The first-order valence-electron chi connectivity index (χ1n) is 7.37. The predicted molar refractivity (Wildman–Crippen MR) is 74.0 cm³/mol. The van der Waals surface area contributed by atoms with E-state index in [9.17, 15) is 0 Å². The Bertz CT molecular complexity index is 943. The first-order valence-corrected chi connectivity index (χ1v) is 5.87. The SMILES string of the molecule is [2H]c1nn(-c2cc(-c3cc(C)cc(C#N)c3)ncn2)c([2H])c1[2H]. The van der Waals surface area contributed by atoms with Crippen LogP contribution in [0.5, 0.6) is 0 Å². The Labute approximate surface area is 120 Å². The van der Waals surface area contributed by atoms with Gasteiger partial charge in [0.2, 0.25) is 0 Å². The van der Waals surface area contributed by atoms with E-state index in [1.54, 1.807) is 18.2 Å². The summed E-state index contributed by atoms with van der Waals surface area (Å²) in [4.78, 5) is 8.25. The van der Waals surface area contributed by atoms with Gasteiger partial charge in [-0.05, 0) is 36.7 Å². The maximum Gasteiger partial charge on any atom is 0.157 e. The summed E-state index contributed by atoms with van der Waals surface area (Å²) >= 11 is 0. The lowest BCUT2D eigenvalue weighted by atomic mass is 10.0. The third-order valence-corrected chi connectivity index (χ3v) is 2.74. The highest BCUT2D eigenvalue weighted by Crippen LogP contribution is 2.21. The molecule has 0 bridgehead atoms. The fraction of sp³-hybridized carbons (Fsp3) is 0.0667. The molecule has 0 fully saturated rings. The third kappa shape index (κ3) is 2.27. The Morgan fingerprint density at radius 2 is 2.15 bits per heavy atom. The summed E-state index contributed by atoms with van der Waals surface area (Å²) < 4.78 is 24.0. The normalized spacial score (nSPS) is 12.3. The van der Waals surface area contributed by atoms with Gasteiger partial charge in [-0.1, -0.05) is 0 Å². The molecule has 5 heteroatoms. The molecule has 1 aromatic carbocycles. The molecule has 0 aliphatic carbocycles. The molecule has 96 valence electrons. The van der Waals surface area contributed by atoms with Gasteiger partial charge in [-0.15, -0.1) is 0 Å². The van der Waals surface area contributed by atoms with Crippen molar-refractivity contribution in [2.24, 2.45) is 0 Å². The number of rotatable bonds is 2. The Morgan fingerprint density at radius 3 is 2.90 bits per heavy atom. The second-order valence-corrected chi connectivity index (χ2v) is 4.22. The second-order valence-electron chi connectivity index (χ2n) is 4.22. The van der Waals surface area contributed by atoms with Crippen LogP contribution in [-0.4, -0.2) is 19.7 Å². The molecule has 0 radical (unpaired) electrons. The van der Waals surface area contributed by atoms with Gasteiger partial charge in [-0.25, -0.2) is 14.6 Å². The first-order chi connectivity index (χ1) is 11.0. The summed E-state index contributed by atoms with van der Waals surface area (Å²) in [7, 11) is 0. The van der Waals surface area contributed by atoms with Crippen molar-refractivity contribution in [3.05, 3.63) is 60.1 Å².